The van der Waals surface area contributed by atoms with Gasteiger partial charge in [-0.3, -0.25) is 19.2 Å². The van der Waals surface area contributed by atoms with Crippen molar-refractivity contribution in [1.29, 1.82) is 0 Å². The van der Waals surface area contributed by atoms with Gasteiger partial charge in [-0.1, -0.05) is 117 Å². The highest BCUT2D eigenvalue weighted by molar-refractivity contribution is 5.88. The van der Waals surface area contributed by atoms with Crippen molar-refractivity contribution in [3.63, 3.8) is 0 Å². The first-order valence-electron chi connectivity index (χ1n) is 20.7. The maximum Gasteiger partial charge on any atom is 0.326 e. The first kappa shape index (κ1) is 48.8. The molecule has 0 aliphatic carbocycles. The maximum absolute atomic E-state index is 12.4. The van der Waals surface area contributed by atoms with E-state index in [1.165, 1.54) is 77.0 Å². The summed E-state index contributed by atoms with van der Waals surface area (Å²) < 4.78 is 0. The molecule has 0 rings (SSSR count). The van der Waals surface area contributed by atoms with Gasteiger partial charge in [0.2, 0.25) is 23.6 Å². The van der Waals surface area contributed by atoms with Gasteiger partial charge in [0.25, 0.3) is 0 Å². The molecule has 0 saturated heterocycles. The molecule has 0 aliphatic heterocycles. The zero-order chi connectivity index (χ0) is 38.7. The van der Waals surface area contributed by atoms with Crippen molar-refractivity contribution in [3.8, 4) is 0 Å². The highest BCUT2D eigenvalue weighted by Crippen LogP contribution is 2.12. The van der Waals surface area contributed by atoms with Crippen LogP contribution in [0.25, 0.3) is 0 Å². The van der Waals surface area contributed by atoms with Crippen LogP contribution in [0.1, 0.15) is 194 Å². The standard InChI is InChI=1S/C40H74N4O8/c1-3-5-7-9-11-13-15-17-19-27-35(45)41-31-23-21-25-33(39(49)50)43-37(47)29-30-38(48)44-34(40(51)52)26-22-24-32-42-36(46)28-20-18-16-14-12-10-8-6-4-2/h33-34H,3-32H2,1-2H3,(H,41,45)(H,42,46)(H,43,47)(H,44,48)(H,49,50)(H,51,52). The Morgan fingerprint density at radius 3 is 1.00 bits per heavy atom. The average Bonchev–Trinajstić information content (AvgIpc) is 3.11. The molecular formula is C40H74N4O8. The summed E-state index contributed by atoms with van der Waals surface area (Å²) in [5.74, 6) is -3.59. The number of carbonyl (C=O) groups is 6. The summed E-state index contributed by atoms with van der Waals surface area (Å²) in [6.45, 7) is 5.30. The van der Waals surface area contributed by atoms with Crippen LogP contribution in [0.2, 0.25) is 0 Å². The quantitative estimate of drug-likeness (QED) is 0.0357. The molecule has 6 N–H and O–H groups in total. The smallest absolute Gasteiger partial charge is 0.326 e. The molecule has 302 valence electrons. The zero-order valence-electron chi connectivity index (χ0n) is 32.7. The van der Waals surface area contributed by atoms with Crippen LogP contribution in [0.3, 0.4) is 0 Å². The van der Waals surface area contributed by atoms with Crippen molar-refractivity contribution >= 4 is 35.6 Å². The van der Waals surface area contributed by atoms with E-state index in [0.717, 1.165) is 38.5 Å². The van der Waals surface area contributed by atoms with E-state index in [4.69, 9.17) is 0 Å². The SMILES string of the molecule is CCCCCCCCCCCC(=O)NCCCCC(NC(=O)CCC(=O)NC(CCCCNC(=O)CCCCCCCCCCC)C(=O)O)C(=O)O. The monoisotopic (exact) mass is 739 g/mol. The van der Waals surface area contributed by atoms with Crippen LogP contribution in [-0.4, -0.2) is 71.0 Å². The Hall–Kier alpha value is -3.18. The number of hydrogen-bond acceptors (Lipinski definition) is 6. The van der Waals surface area contributed by atoms with E-state index in [9.17, 15) is 39.0 Å². The third-order valence-corrected chi connectivity index (χ3v) is 9.34. The third kappa shape index (κ3) is 31.5. The van der Waals surface area contributed by atoms with E-state index in [0.29, 0.717) is 51.6 Å². The lowest BCUT2D eigenvalue weighted by molar-refractivity contribution is -0.143. The molecule has 52 heavy (non-hydrogen) atoms. The molecule has 12 nitrogen and oxygen atoms in total. The molecule has 0 heterocycles. The van der Waals surface area contributed by atoms with E-state index < -0.39 is 35.8 Å². The fourth-order valence-electron chi connectivity index (χ4n) is 6.05. The Bertz CT molecular complexity index is 901. The van der Waals surface area contributed by atoms with Crippen LogP contribution in [0.5, 0.6) is 0 Å². The number of hydrogen-bond donors (Lipinski definition) is 6. The minimum absolute atomic E-state index is 0.00208. The van der Waals surface area contributed by atoms with Crippen molar-refractivity contribution in [2.24, 2.45) is 0 Å². The van der Waals surface area contributed by atoms with Crippen molar-refractivity contribution in [2.75, 3.05) is 13.1 Å². The zero-order valence-corrected chi connectivity index (χ0v) is 32.7. The van der Waals surface area contributed by atoms with E-state index in [1.54, 1.807) is 0 Å². The van der Waals surface area contributed by atoms with Crippen molar-refractivity contribution in [1.82, 2.24) is 21.3 Å². The minimum atomic E-state index is -1.18. The van der Waals surface area contributed by atoms with Crippen molar-refractivity contribution in [2.45, 2.75) is 206 Å². The number of unbranched alkanes of at least 4 members (excludes halogenated alkanes) is 18. The molecule has 0 bridgehead atoms. The van der Waals surface area contributed by atoms with Crippen LogP contribution >= 0.6 is 0 Å². The summed E-state index contributed by atoms with van der Waals surface area (Å²) in [5.41, 5.74) is 0. The second-order valence-electron chi connectivity index (χ2n) is 14.3. The number of aliphatic carboxylic acids is 2. The van der Waals surface area contributed by atoms with Crippen LogP contribution in [0, 0.1) is 0 Å². The molecule has 12 heteroatoms. The molecular weight excluding hydrogens is 664 g/mol. The van der Waals surface area contributed by atoms with Gasteiger partial charge < -0.3 is 31.5 Å². The van der Waals surface area contributed by atoms with E-state index in [2.05, 4.69) is 35.1 Å². The second kappa shape index (κ2) is 34.9. The number of carboxylic acids is 2. The Balaban J connectivity index is 4.07. The Morgan fingerprint density at radius 1 is 0.385 bits per heavy atom. The summed E-state index contributed by atoms with van der Waals surface area (Å²) >= 11 is 0. The Labute approximate surface area is 314 Å². The summed E-state index contributed by atoms with van der Waals surface area (Å²) in [5, 5.41) is 29.7. The lowest BCUT2D eigenvalue weighted by Gasteiger charge is -2.16. The van der Waals surface area contributed by atoms with Gasteiger partial charge in [0.05, 0.1) is 0 Å². The number of rotatable bonds is 37. The fraction of sp³-hybridized carbons (Fsp3) is 0.850. The van der Waals surface area contributed by atoms with E-state index in [1.807, 2.05) is 0 Å². The van der Waals surface area contributed by atoms with Gasteiger partial charge in [0.15, 0.2) is 0 Å². The van der Waals surface area contributed by atoms with Gasteiger partial charge in [0.1, 0.15) is 12.1 Å². The molecule has 0 aromatic carbocycles. The van der Waals surface area contributed by atoms with Gasteiger partial charge in [-0.15, -0.1) is 0 Å². The Kier molecular flexibility index (Phi) is 32.7. The second-order valence-corrected chi connectivity index (χ2v) is 14.3. The number of nitrogens with one attached hydrogen (secondary N) is 4. The van der Waals surface area contributed by atoms with Crippen LogP contribution in [0.4, 0.5) is 0 Å². The van der Waals surface area contributed by atoms with Gasteiger partial charge in [-0.2, -0.15) is 0 Å². The summed E-state index contributed by atoms with van der Waals surface area (Å²) in [6, 6.07) is -2.24. The lowest BCUT2D eigenvalue weighted by atomic mass is 10.1. The summed E-state index contributed by atoms with van der Waals surface area (Å²) in [7, 11) is 0. The lowest BCUT2D eigenvalue weighted by Crippen LogP contribution is -2.43. The number of carbonyl (C=O) groups excluding carboxylic acids is 4. The normalized spacial score (nSPS) is 12.1. The topological polar surface area (TPSA) is 191 Å². The highest BCUT2D eigenvalue weighted by Gasteiger charge is 2.22. The number of carboxylic acid groups (broad SMARTS) is 2. The van der Waals surface area contributed by atoms with Gasteiger partial charge in [-0.05, 0) is 51.4 Å². The van der Waals surface area contributed by atoms with E-state index in [-0.39, 0.29) is 37.5 Å². The molecule has 0 fully saturated rings. The summed E-state index contributed by atoms with van der Waals surface area (Å²) in [4.78, 5) is 72.2. The Morgan fingerprint density at radius 2 is 0.692 bits per heavy atom. The van der Waals surface area contributed by atoms with Crippen molar-refractivity contribution in [3.05, 3.63) is 0 Å². The molecule has 4 amide bonds. The molecule has 0 radical (unpaired) electrons. The predicted octanol–water partition coefficient (Wildman–Crippen LogP) is 7.32. The third-order valence-electron chi connectivity index (χ3n) is 9.34. The average molecular weight is 739 g/mol. The molecule has 0 saturated carbocycles. The largest absolute Gasteiger partial charge is 0.480 e. The van der Waals surface area contributed by atoms with Gasteiger partial charge >= 0.3 is 11.9 Å². The minimum Gasteiger partial charge on any atom is -0.480 e. The predicted molar refractivity (Wildman–Crippen MR) is 206 cm³/mol. The number of amides is 4. The van der Waals surface area contributed by atoms with Gasteiger partial charge in [-0.25, -0.2) is 9.59 Å². The molecule has 0 aromatic heterocycles. The van der Waals surface area contributed by atoms with Crippen molar-refractivity contribution < 1.29 is 39.0 Å². The first-order valence-corrected chi connectivity index (χ1v) is 20.7. The molecule has 0 aliphatic rings. The molecule has 0 spiro atoms. The molecule has 0 aromatic rings. The highest BCUT2D eigenvalue weighted by atomic mass is 16.4. The fourth-order valence-corrected chi connectivity index (χ4v) is 6.05. The molecule has 2 unspecified atom stereocenters. The maximum atomic E-state index is 12.4. The van der Waals surface area contributed by atoms with E-state index >= 15 is 0 Å². The van der Waals surface area contributed by atoms with Crippen LogP contribution in [-0.2, 0) is 28.8 Å². The summed E-state index contributed by atoms with van der Waals surface area (Å²) in [6.07, 6.45) is 24.3. The van der Waals surface area contributed by atoms with Crippen LogP contribution in [0.15, 0.2) is 0 Å². The first-order chi connectivity index (χ1) is 25.1. The molecule has 2 atom stereocenters. The van der Waals surface area contributed by atoms with Gasteiger partial charge in [0, 0.05) is 38.8 Å². The van der Waals surface area contributed by atoms with Crippen LogP contribution < -0.4 is 21.3 Å².